The standard InChI is InChI=1S/C16H13BrINO2/c17-10-5-6-13(18)12(8-10)16(21)19-15-11-4-2-1-3-9(11)7-14(15)20/h1-6,8,14-15,20H,7H2,(H,19,21)/t14-,15+/m1/s1. The average molecular weight is 458 g/mol. The lowest BCUT2D eigenvalue weighted by Gasteiger charge is -2.18. The molecule has 108 valence electrons. The van der Waals surface area contributed by atoms with Gasteiger partial charge in [0.1, 0.15) is 0 Å². The van der Waals surface area contributed by atoms with Crippen molar-refractivity contribution in [1.82, 2.24) is 5.32 Å². The van der Waals surface area contributed by atoms with Crippen molar-refractivity contribution in [3.63, 3.8) is 0 Å². The van der Waals surface area contributed by atoms with Crippen molar-refractivity contribution in [2.24, 2.45) is 0 Å². The molecule has 0 saturated carbocycles. The molecule has 2 aromatic rings. The van der Waals surface area contributed by atoms with Crippen LogP contribution in [0.1, 0.15) is 27.5 Å². The van der Waals surface area contributed by atoms with Crippen molar-refractivity contribution in [3.05, 3.63) is 67.2 Å². The first-order valence-corrected chi connectivity index (χ1v) is 8.45. The lowest BCUT2D eigenvalue weighted by molar-refractivity contribution is 0.0857. The number of aliphatic hydroxyl groups is 1. The van der Waals surface area contributed by atoms with E-state index >= 15 is 0 Å². The predicted octanol–water partition coefficient (Wildman–Crippen LogP) is 3.44. The number of amides is 1. The number of hydrogen-bond donors (Lipinski definition) is 2. The second-order valence-electron chi connectivity index (χ2n) is 5.05. The van der Waals surface area contributed by atoms with E-state index in [1.807, 2.05) is 36.4 Å². The number of hydrogen-bond acceptors (Lipinski definition) is 2. The van der Waals surface area contributed by atoms with Crippen LogP contribution in [0.4, 0.5) is 0 Å². The van der Waals surface area contributed by atoms with Gasteiger partial charge in [-0.2, -0.15) is 0 Å². The van der Waals surface area contributed by atoms with Gasteiger partial charge in [0, 0.05) is 14.5 Å². The van der Waals surface area contributed by atoms with Crippen molar-refractivity contribution >= 4 is 44.4 Å². The Labute approximate surface area is 145 Å². The summed E-state index contributed by atoms with van der Waals surface area (Å²) in [6.07, 6.45) is 0.00706. The maximum absolute atomic E-state index is 12.5. The highest BCUT2D eigenvalue weighted by molar-refractivity contribution is 14.1. The third-order valence-corrected chi connectivity index (χ3v) is 5.10. The third kappa shape index (κ3) is 3.00. The van der Waals surface area contributed by atoms with Gasteiger partial charge in [0.2, 0.25) is 0 Å². The normalized spacial score (nSPS) is 20.1. The number of aliphatic hydroxyl groups excluding tert-OH is 1. The van der Waals surface area contributed by atoms with Gasteiger partial charge < -0.3 is 10.4 Å². The van der Waals surface area contributed by atoms with Crippen molar-refractivity contribution in [2.75, 3.05) is 0 Å². The molecule has 2 aromatic carbocycles. The zero-order chi connectivity index (χ0) is 15.0. The lowest BCUT2D eigenvalue weighted by Crippen LogP contribution is -2.34. The summed E-state index contributed by atoms with van der Waals surface area (Å²) in [5.74, 6) is -0.165. The summed E-state index contributed by atoms with van der Waals surface area (Å²) in [7, 11) is 0. The Morgan fingerprint density at radius 3 is 2.86 bits per heavy atom. The fourth-order valence-electron chi connectivity index (χ4n) is 2.64. The molecule has 0 heterocycles. The van der Waals surface area contributed by atoms with Crippen LogP contribution in [0.5, 0.6) is 0 Å². The van der Waals surface area contributed by atoms with Gasteiger partial charge in [-0.3, -0.25) is 4.79 Å². The number of halogens is 2. The van der Waals surface area contributed by atoms with Crippen molar-refractivity contribution < 1.29 is 9.90 Å². The molecule has 0 fully saturated rings. The van der Waals surface area contributed by atoms with E-state index in [0.717, 1.165) is 19.2 Å². The van der Waals surface area contributed by atoms with E-state index in [2.05, 4.69) is 43.8 Å². The van der Waals surface area contributed by atoms with Gasteiger partial charge in [0.25, 0.3) is 5.91 Å². The fraction of sp³-hybridized carbons (Fsp3) is 0.188. The number of carbonyl (C=O) groups is 1. The Morgan fingerprint density at radius 2 is 2.05 bits per heavy atom. The molecular formula is C16H13BrINO2. The maximum atomic E-state index is 12.5. The Kier molecular flexibility index (Phi) is 4.33. The zero-order valence-electron chi connectivity index (χ0n) is 11.0. The first-order chi connectivity index (χ1) is 10.1. The van der Waals surface area contributed by atoms with E-state index in [4.69, 9.17) is 0 Å². The van der Waals surface area contributed by atoms with Crippen molar-refractivity contribution in [1.29, 1.82) is 0 Å². The Morgan fingerprint density at radius 1 is 1.29 bits per heavy atom. The van der Waals surface area contributed by atoms with Gasteiger partial charge in [-0.25, -0.2) is 0 Å². The molecule has 1 amide bonds. The smallest absolute Gasteiger partial charge is 0.252 e. The van der Waals surface area contributed by atoms with Crippen LogP contribution in [0, 0.1) is 3.57 Å². The Bertz CT molecular complexity index is 704. The van der Waals surface area contributed by atoms with Crippen LogP contribution in [0.2, 0.25) is 0 Å². The molecule has 5 heteroatoms. The molecule has 0 aromatic heterocycles. The molecule has 0 radical (unpaired) electrons. The first-order valence-electron chi connectivity index (χ1n) is 6.58. The quantitative estimate of drug-likeness (QED) is 0.678. The molecule has 2 N–H and O–H groups in total. The number of nitrogens with one attached hydrogen (secondary N) is 1. The maximum Gasteiger partial charge on any atom is 0.252 e. The average Bonchev–Trinajstić information content (AvgIpc) is 2.78. The molecule has 2 atom stereocenters. The predicted molar refractivity (Wildman–Crippen MR) is 93.2 cm³/mol. The molecule has 3 nitrogen and oxygen atoms in total. The molecular weight excluding hydrogens is 445 g/mol. The number of fused-ring (bicyclic) bond motifs is 1. The minimum absolute atomic E-state index is 0.165. The molecule has 0 unspecified atom stereocenters. The highest BCUT2D eigenvalue weighted by Crippen LogP contribution is 2.31. The number of rotatable bonds is 2. The first kappa shape index (κ1) is 15.0. The molecule has 3 rings (SSSR count). The highest BCUT2D eigenvalue weighted by atomic mass is 127. The van der Waals surface area contributed by atoms with E-state index in [-0.39, 0.29) is 11.9 Å². The van der Waals surface area contributed by atoms with Gasteiger partial charge in [0.05, 0.1) is 17.7 Å². The highest BCUT2D eigenvalue weighted by Gasteiger charge is 2.32. The van der Waals surface area contributed by atoms with Crippen LogP contribution >= 0.6 is 38.5 Å². The number of benzene rings is 2. The van der Waals surface area contributed by atoms with E-state index < -0.39 is 6.10 Å². The zero-order valence-corrected chi connectivity index (χ0v) is 14.8. The van der Waals surface area contributed by atoms with Crippen LogP contribution in [0.15, 0.2) is 46.9 Å². The lowest BCUT2D eigenvalue weighted by atomic mass is 10.1. The van der Waals surface area contributed by atoms with Gasteiger partial charge >= 0.3 is 0 Å². The van der Waals surface area contributed by atoms with Crippen LogP contribution < -0.4 is 5.32 Å². The molecule has 21 heavy (non-hydrogen) atoms. The summed E-state index contributed by atoms with van der Waals surface area (Å²) < 4.78 is 1.74. The third-order valence-electron chi connectivity index (χ3n) is 3.66. The second kappa shape index (κ2) is 6.06. The summed E-state index contributed by atoms with van der Waals surface area (Å²) in [5, 5.41) is 13.2. The van der Waals surface area contributed by atoms with E-state index in [1.165, 1.54) is 0 Å². The second-order valence-corrected chi connectivity index (χ2v) is 7.12. The van der Waals surface area contributed by atoms with Crippen molar-refractivity contribution in [2.45, 2.75) is 18.6 Å². The van der Waals surface area contributed by atoms with Gasteiger partial charge in [-0.1, -0.05) is 40.2 Å². The van der Waals surface area contributed by atoms with E-state index in [1.54, 1.807) is 6.07 Å². The van der Waals surface area contributed by atoms with Gasteiger partial charge in [-0.05, 0) is 51.9 Å². The van der Waals surface area contributed by atoms with Crippen LogP contribution in [0.3, 0.4) is 0 Å². The molecule has 0 saturated heterocycles. The van der Waals surface area contributed by atoms with E-state index in [9.17, 15) is 9.90 Å². The molecule has 1 aliphatic carbocycles. The molecule has 1 aliphatic rings. The van der Waals surface area contributed by atoms with Crippen LogP contribution in [-0.4, -0.2) is 17.1 Å². The summed E-state index contributed by atoms with van der Waals surface area (Å²) in [6, 6.07) is 13.1. The Balaban J connectivity index is 1.87. The van der Waals surface area contributed by atoms with Gasteiger partial charge in [-0.15, -0.1) is 0 Å². The molecule has 0 aliphatic heterocycles. The topological polar surface area (TPSA) is 49.3 Å². The summed E-state index contributed by atoms with van der Waals surface area (Å²) in [4.78, 5) is 12.5. The number of carbonyl (C=O) groups excluding carboxylic acids is 1. The SMILES string of the molecule is O=C(N[C@H]1c2ccccc2C[C@H]1O)c1cc(Br)ccc1I. The summed E-state index contributed by atoms with van der Waals surface area (Å²) in [5.41, 5.74) is 2.71. The van der Waals surface area contributed by atoms with Gasteiger partial charge in [0.15, 0.2) is 0 Å². The minimum atomic E-state index is -0.573. The summed E-state index contributed by atoms with van der Waals surface area (Å²) in [6.45, 7) is 0. The summed E-state index contributed by atoms with van der Waals surface area (Å²) >= 11 is 5.52. The Hall–Kier alpha value is -0.920. The fourth-order valence-corrected chi connectivity index (χ4v) is 3.58. The minimum Gasteiger partial charge on any atom is -0.390 e. The molecule has 0 spiro atoms. The van der Waals surface area contributed by atoms with Crippen LogP contribution in [-0.2, 0) is 6.42 Å². The monoisotopic (exact) mass is 457 g/mol. The van der Waals surface area contributed by atoms with Crippen LogP contribution in [0.25, 0.3) is 0 Å². The van der Waals surface area contributed by atoms with E-state index in [0.29, 0.717) is 12.0 Å². The van der Waals surface area contributed by atoms with Crippen molar-refractivity contribution in [3.8, 4) is 0 Å². The molecule has 0 bridgehead atoms. The largest absolute Gasteiger partial charge is 0.390 e.